The molecule has 2 amide bonds. The first-order valence-electron chi connectivity index (χ1n) is 10.3. The topological polar surface area (TPSA) is 82.4 Å². The summed E-state index contributed by atoms with van der Waals surface area (Å²) < 4.78 is 5.30. The van der Waals surface area contributed by atoms with Gasteiger partial charge in [-0.05, 0) is 41.2 Å². The largest absolute Gasteiger partial charge is 0.381 e. The summed E-state index contributed by atoms with van der Waals surface area (Å²) in [5.41, 5.74) is 5.11. The van der Waals surface area contributed by atoms with Crippen LogP contribution in [-0.4, -0.2) is 38.1 Å². The van der Waals surface area contributed by atoms with E-state index in [0.29, 0.717) is 38.9 Å². The maximum atomic E-state index is 12.4. The predicted molar refractivity (Wildman–Crippen MR) is 114 cm³/mol. The van der Waals surface area contributed by atoms with E-state index >= 15 is 0 Å². The number of amides is 2. The number of carbonyl (C=O) groups excluding carboxylic acids is 2. The molecule has 1 fully saturated rings. The summed E-state index contributed by atoms with van der Waals surface area (Å²) in [7, 11) is 1.80. The van der Waals surface area contributed by atoms with Gasteiger partial charge in [-0.2, -0.15) is 5.26 Å². The van der Waals surface area contributed by atoms with Crippen molar-refractivity contribution in [3.8, 4) is 17.2 Å². The van der Waals surface area contributed by atoms with E-state index in [4.69, 9.17) is 4.74 Å². The number of likely N-dealkylation sites (N-methyl/N-ethyl adjacent to an activating group) is 1. The van der Waals surface area contributed by atoms with Crippen LogP contribution in [0.1, 0.15) is 24.0 Å². The van der Waals surface area contributed by atoms with Crippen LogP contribution in [0.4, 0.5) is 5.69 Å². The Morgan fingerprint density at radius 3 is 2.60 bits per heavy atom. The second kappa shape index (κ2) is 8.68. The van der Waals surface area contributed by atoms with Gasteiger partial charge in [-0.15, -0.1) is 0 Å². The van der Waals surface area contributed by atoms with Gasteiger partial charge in [-0.1, -0.05) is 36.4 Å². The van der Waals surface area contributed by atoms with Gasteiger partial charge in [-0.3, -0.25) is 9.59 Å². The molecular weight excluding hydrogens is 378 g/mol. The van der Waals surface area contributed by atoms with E-state index in [1.807, 2.05) is 42.5 Å². The van der Waals surface area contributed by atoms with Crippen LogP contribution in [0.5, 0.6) is 0 Å². The number of rotatable bonds is 5. The van der Waals surface area contributed by atoms with Crippen LogP contribution < -0.4 is 10.2 Å². The van der Waals surface area contributed by atoms with Crippen LogP contribution in [0.25, 0.3) is 11.1 Å². The summed E-state index contributed by atoms with van der Waals surface area (Å²) in [6.07, 6.45) is 2.34. The second-order valence-corrected chi connectivity index (χ2v) is 7.95. The van der Waals surface area contributed by atoms with Crippen molar-refractivity contribution >= 4 is 17.5 Å². The number of nitriles is 1. The first-order chi connectivity index (χ1) is 14.5. The van der Waals surface area contributed by atoms with Gasteiger partial charge in [0.05, 0.1) is 12.5 Å². The smallest absolute Gasteiger partial charge is 0.231 e. The normalized spacial score (nSPS) is 17.3. The third-order valence-corrected chi connectivity index (χ3v) is 5.95. The van der Waals surface area contributed by atoms with Gasteiger partial charge in [0.25, 0.3) is 0 Å². The molecule has 0 saturated carbocycles. The Morgan fingerprint density at radius 1 is 1.20 bits per heavy atom. The molecule has 6 heteroatoms. The summed E-state index contributed by atoms with van der Waals surface area (Å²) >= 11 is 0. The maximum absolute atomic E-state index is 12.4. The Balaban J connectivity index is 1.41. The zero-order valence-corrected chi connectivity index (χ0v) is 17.1. The molecule has 4 rings (SSSR count). The van der Waals surface area contributed by atoms with Crippen molar-refractivity contribution in [1.29, 1.82) is 5.26 Å². The molecule has 1 unspecified atom stereocenters. The third kappa shape index (κ3) is 4.22. The van der Waals surface area contributed by atoms with Crippen LogP contribution in [0.2, 0.25) is 0 Å². The molecule has 1 atom stereocenters. The standard InChI is InChI=1S/C24H25N3O3/c1-27-22-13-19(6-7-20(22)14-23(27)28)17-4-2-16(3-5-17)12-21(15-25)26-24(29)18-8-10-30-11-9-18/h2-7,13,18,21H,8-12,14H2,1H3,(H,26,29). The molecule has 6 nitrogen and oxygen atoms in total. The van der Waals surface area contributed by atoms with E-state index in [1.165, 1.54) is 0 Å². The fraction of sp³-hybridized carbons (Fsp3) is 0.375. The van der Waals surface area contributed by atoms with Crippen molar-refractivity contribution in [2.45, 2.75) is 31.7 Å². The minimum atomic E-state index is -0.550. The number of nitrogens with zero attached hydrogens (tertiary/aromatic N) is 2. The minimum absolute atomic E-state index is 0.0571. The molecule has 2 heterocycles. The Labute approximate surface area is 176 Å². The Bertz CT molecular complexity index is 988. The van der Waals surface area contributed by atoms with Crippen molar-refractivity contribution in [2.75, 3.05) is 25.2 Å². The van der Waals surface area contributed by atoms with E-state index in [0.717, 1.165) is 27.9 Å². The third-order valence-electron chi connectivity index (χ3n) is 5.95. The molecule has 0 radical (unpaired) electrons. The number of ether oxygens (including phenoxy) is 1. The lowest BCUT2D eigenvalue weighted by Gasteiger charge is -2.22. The summed E-state index contributed by atoms with van der Waals surface area (Å²) in [6.45, 7) is 1.20. The molecule has 2 aromatic rings. The fourth-order valence-electron chi connectivity index (χ4n) is 4.07. The van der Waals surface area contributed by atoms with Crippen LogP contribution in [0, 0.1) is 17.2 Å². The zero-order valence-electron chi connectivity index (χ0n) is 17.1. The number of fused-ring (bicyclic) bond motifs is 1. The highest BCUT2D eigenvalue weighted by molar-refractivity contribution is 6.01. The molecule has 0 bridgehead atoms. The van der Waals surface area contributed by atoms with Crippen molar-refractivity contribution < 1.29 is 14.3 Å². The average Bonchev–Trinajstić information content (AvgIpc) is 3.07. The molecule has 1 N–H and O–H groups in total. The molecule has 1 saturated heterocycles. The van der Waals surface area contributed by atoms with Crippen LogP contribution in [-0.2, 0) is 27.2 Å². The van der Waals surface area contributed by atoms with Crippen LogP contribution in [0.15, 0.2) is 42.5 Å². The monoisotopic (exact) mass is 403 g/mol. The zero-order chi connectivity index (χ0) is 21.1. The lowest BCUT2D eigenvalue weighted by atomic mass is 9.97. The van der Waals surface area contributed by atoms with E-state index in [2.05, 4.69) is 11.4 Å². The van der Waals surface area contributed by atoms with Gasteiger partial charge < -0.3 is 15.0 Å². The van der Waals surface area contributed by atoms with Crippen molar-refractivity contribution in [2.24, 2.45) is 5.92 Å². The van der Waals surface area contributed by atoms with E-state index in [1.54, 1.807) is 11.9 Å². The van der Waals surface area contributed by atoms with Crippen LogP contribution in [0.3, 0.4) is 0 Å². The van der Waals surface area contributed by atoms with Gasteiger partial charge in [-0.25, -0.2) is 0 Å². The van der Waals surface area contributed by atoms with Crippen LogP contribution >= 0.6 is 0 Å². The van der Waals surface area contributed by atoms with E-state index < -0.39 is 6.04 Å². The Kier molecular flexibility index (Phi) is 5.82. The van der Waals surface area contributed by atoms with Crippen molar-refractivity contribution in [1.82, 2.24) is 5.32 Å². The number of hydrogen-bond acceptors (Lipinski definition) is 4. The molecular formula is C24H25N3O3. The molecule has 0 aromatic heterocycles. The molecule has 0 spiro atoms. The van der Waals surface area contributed by atoms with Gasteiger partial charge >= 0.3 is 0 Å². The minimum Gasteiger partial charge on any atom is -0.381 e. The van der Waals surface area contributed by atoms with Crippen molar-refractivity contribution in [3.63, 3.8) is 0 Å². The molecule has 2 aliphatic rings. The van der Waals surface area contributed by atoms with Gasteiger partial charge in [0, 0.05) is 38.3 Å². The fourth-order valence-corrected chi connectivity index (χ4v) is 4.07. The molecule has 30 heavy (non-hydrogen) atoms. The first kappa shape index (κ1) is 20.1. The number of hydrogen-bond donors (Lipinski definition) is 1. The Hall–Kier alpha value is -3.17. The highest BCUT2D eigenvalue weighted by Gasteiger charge is 2.25. The predicted octanol–water partition coefficient (Wildman–Crippen LogP) is 2.85. The summed E-state index contributed by atoms with van der Waals surface area (Å²) in [4.78, 5) is 26.0. The second-order valence-electron chi connectivity index (χ2n) is 7.95. The molecule has 2 aliphatic heterocycles. The van der Waals surface area contributed by atoms with E-state index in [9.17, 15) is 14.9 Å². The van der Waals surface area contributed by atoms with Gasteiger partial charge in [0.15, 0.2) is 0 Å². The number of benzene rings is 2. The highest BCUT2D eigenvalue weighted by atomic mass is 16.5. The average molecular weight is 403 g/mol. The summed E-state index contributed by atoms with van der Waals surface area (Å²) in [5, 5.41) is 12.4. The van der Waals surface area contributed by atoms with Gasteiger partial charge in [0.1, 0.15) is 6.04 Å². The van der Waals surface area contributed by atoms with Gasteiger partial charge in [0.2, 0.25) is 11.8 Å². The molecule has 154 valence electrons. The molecule has 0 aliphatic carbocycles. The summed E-state index contributed by atoms with van der Waals surface area (Å²) in [5.74, 6) is -0.0112. The number of carbonyl (C=O) groups is 2. The lowest BCUT2D eigenvalue weighted by Crippen LogP contribution is -2.41. The van der Waals surface area contributed by atoms with Crippen molar-refractivity contribution in [3.05, 3.63) is 53.6 Å². The lowest BCUT2D eigenvalue weighted by molar-refractivity contribution is -0.128. The summed E-state index contributed by atoms with van der Waals surface area (Å²) in [6, 6.07) is 15.8. The SMILES string of the molecule is CN1C(=O)Cc2ccc(-c3ccc(CC(C#N)NC(=O)C4CCOCC4)cc3)cc21. The Morgan fingerprint density at radius 2 is 1.90 bits per heavy atom. The number of anilines is 1. The number of nitrogens with one attached hydrogen (secondary N) is 1. The highest BCUT2D eigenvalue weighted by Crippen LogP contribution is 2.32. The molecule has 2 aromatic carbocycles. The van der Waals surface area contributed by atoms with E-state index in [-0.39, 0.29) is 17.7 Å². The first-order valence-corrected chi connectivity index (χ1v) is 10.3. The maximum Gasteiger partial charge on any atom is 0.231 e. The quantitative estimate of drug-likeness (QED) is 0.832.